The topological polar surface area (TPSA) is 110 Å². The molecule has 0 radical (unpaired) electrons. The second kappa shape index (κ2) is 8.49. The Labute approximate surface area is 182 Å². The number of nitro groups is 1. The number of nitro benzene ring substituents is 1. The van der Waals surface area contributed by atoms with Crippen LogP contribution in [0, 0.1) is 10.1 Å². The minimum absolute atomic E-state index is 0.0959. The Hall–Kier alpha value is -3.23. The number of benzene rings is 2. The van der Waals surface area contributed by atoms with Crippen molar-refractivity contribution in [1.82, 2.24) is 4.90 Å². The first-order chi connectivity index (χ1) is 14.9. The highest BCUT2D eigenvalue weighted by Crippen LogP contribution is 2.43. The van der Waals surface area contributed by atoms with Gasteiger partial charge in [-0.2, -0.15) is 0 Å². The molecule has 2 fully saturated rings. The maximum Gasteiger partial charge on any atom is 0.295 e. The van der Waals surface area contributed by atoms with Crippen LogP contribution in [0.4, 0.5) is 5.69 Å². The maximum absolute atomic E-state index is 13.0. The van der Waals surface area contributed by atoms with E-state index in [9.17, 15) is 24.8 Å². The molecular weight excluding hydrogens is 424 g/mol. The van der Waals surface area contributed by atoms with Gasteiger partial charge in [0, 0.05) is 29.8 Å². The average Bonchev–Trinajstić information content (AvgIpc) is 3.36. The number of likely N-dealkylation sites (tertiary alicyclic amines) is 1. The Balaban J connectivity index is 1.89. The molecule has 2 aliphatic heterocycles. The van der Waals surface area contributed by atoms with Gasteiger partial charge in [-0.15, -0.1) is 0 Å². The normalized spacial score (nSPS) is 22.8. The number of aliphatic hydroxyl groups is 1. The summed E-state index contributed by atoms with van der Waals surface area (Å²) in [6, 6.07) is 10.9. The van der Waals surface area contributed by atoms with Crippen LogP contribution in [0.1, 0.15) is 30.0 Å². The van der Waals surface area contributed by atoms with Crippen molar-refractivity contribution in [2.24, 2.45) is 0 Å². The molecule has 2 atom stereocenters. The Kier molecular flexibility index (Phi) is 5.75. The number of amides is 1. The zero-order valence-electron chi connectivity index (χ0n) is 16.4. The Morgan fingerprint density at radius 1 is 1.19 bits per heavy atom. The number of ketones is 1. The second-order valence-electron chi connectivity index (χ2n) is 7.41. The number of nitrogens with zero attached hydrogens (tertiary/aromatic N) is 2. The van der Waals surface area contributed by atoms with Crippen LogP contribution in [0.5, 0.6) is 0 Å². The quantitative estimate of drug-likeness (QED) is 0.247. The van der Waals surface area contributed by atoms with Gasteiger partial charge in [0.15, 0.2) is 0 Å². The number of hydrogen-bond acceptors (Lipinski definition) is 6. The number of ether oxygens (including phenoxy) is 1. The first-order valence-corrected chi connectivity index (χ1v) is 10.2. The number of halogens is 1. The van der Waals surface area contributed by atoms with E-state index in [1.807, 2.05) is 0 Å². The third kappa shape index (κ3) is 3.92. The van der Waals surface area contributed by atoms with Gasteiger partial charge in [-0.1, -0.05) is 23.7 Å². The molecule has 0 spiro atoms. The largest absolute Gasteiger partial charge is 0.507 e. The highest BCUT2D eigenvalue weighted by atomic mass is 35.5. The minimum atomic E-state index is -1.11. The number of hydrogen-bond donors (Lipinski definition) is 1. The highest BCUT2D eigenvalue weighted by Gasteiger charge is 2.48. The number of carbonyl (C=O) groups excluding carboxylic acids is 2. The molecule has 9 heteroatoms. The number of Topliss-reactive ketones (excluding diaryl/α,β-unsaturated/α-hetero) is 1. The van der Waals surface area contributed by atoms with Crippen LogP contribution in [-0.2, 0) is 14.3 Å². The van der Waals surface area contributed by atoms with Gasteiger partial charge < -0.3 is 14.7 Å². The molecule has 2 heterocycles. The number of carbonyl (C=O) groups is 2. The van der Waals surface area contributed by atoms with Crippen molar-refractivity contribution in [2.75, 3.05) is 13.2 Å². The summed E-state index contributed by atoms with van der Waals surface area (Å²) in [5.74, 6) is -2.13. The summed E-state index contributed by atoms with van der Waals surface area (Å²) in [7, 11) is 0. The summed E-state index contributed by atoms with van der Waals surface area (Å²) < 4.78 is 5.62. The molecule has 2 unspecified atom stereocenters. The Morgan fingerprint density at radius 3 is 2.55 bits per heavy atom. The number of para-hydroxylation sites is 1. The molecule has 4 rings (SSSR count). The van der Waals surface area contributed by atoms with Crippen LogP contribution in [0.2, 0.25) is 5.02 Å². The predicted molar refractivity (Wildman–Crippen MR) is 113 cm³/mol. The smallest absolute Gasteiger partial charge is 0.295 e. The van der Waals surface area contributed by atoms with Gasteiger partial charge in [-0.05, 0) is 43.2 Å². The minimum Gasteiger partial charge on any atom is -0.507 e. The SMILES string of the molecule is O=C1C(=O)N(CC2CCCO2)C(c2ccccc2[N+](=O)[O-])/C1=C(/O)c1ccc(Cl)cc1. The van der Waals surface area contributed by atoms with E-state index in [4.69, 9.17) is 16.3 Å². The molecular formula is C22H19ClN2O6. The summed E-state index contributed by atoms with van der Waals surface area (Å²) >= 11 is 5.91. The van der Waals surface area contributed by atoms with E-state index in [0.29, 0.717) is 18.1 Å². The molecule has 0 aliphatic carbocycles. The lowest BCUT2D eigenvalue weighted by molar-refractivity contribution is -0.385. The molecule has 0 aromatic heterocycles. The lowest BCUT2D eigenvalue weighted by atomic mass is 9.94. The monoisotopic (exact) mass is 442 g/mol. The average molecular weight is 443 g/mol. The molecule has 31 heavy (non-hydrogen) atoms. The molecule has 2 aliphatic rings. The fraction of sp³-hybridized carbons (Fsp3) is 0.273. The molecule has 2 saturated heterocycles. The molecule has 0 saturated carbocycles. The molecule has 0 bridgehead atoms. The van der Waals surface area contributed by atoms with E-state index in [1.54, 1.807) is 18.2 Å². The van der Waals surface area contributed by atoms with Gasteiger partial charge in [-0.3, -0.25) is 19.7 Å². The van der Waals surface area contributed by atoms with E-state index in [1.165, 1.54) is 35.2 Å². The van der Waals surface area contributed by atoms with Crippen LogP contribution in [0.3, 0.4) is 0 Å². The molecule has 2 aromatic rings. The Morgan fingerprint density at radius 2 is 1.90 bits per heavy atom. The van der Waals surface area contributed by atoms with E-state index in [-0.39, 0.29) is 35.0 Å². The van der Waals surface area contributed by atoms with Gasteiger partial charge in [0.25, 0.3) is 17.4 Å². The molecule has 1 N–H and O–H groups in total. The summed E-state index contributed by atoms with van der Waals surface area (Å²) in [5, 5.41) is 23.1. The standard InChI is InChI=1S/C22H19ClN2O6/c23-14-9-7-13(8-10-14)20(26)18-19(16-5-1-2-6-17(16)25(29)30)24(22(28)21(18)27)12-15-4-3-11-31-15/h1-2,5-10,15,19,26H,3-4,11-12H2/b20-18-. The zero-order valence-corrected chi connectivity index (χ0v) is 17.1. The predicted octanol–water partition coefficient (Wildman–Crippen LogP) is 3.85. The van der Waals surface area contributed by atoms with Gasteiger partial charge in [0.1, 0.15) is 5.76 Å². The van der Waals surface area contributed by atoms with Crippen molar-refractivity contribution in [1.29, 1.82) is 0 Å². The summed E-state index contributed by atoms with van der Waals surface area (Å²) in [4.78, 5) is 38.3. The molecule has 8 nitrogen and oxygen atoms in total. The van der Waals surface area contributed by atoms with Crippen molar-refractivity contribution in [2.45, 2.75) is 25.0 Å². The molecule has 160 valence electrons. The summed E-state index contributed by atoms with van der Waals surface area (Å²) in [5.41, 5.74) is -0.00308. The van der Waals surface area contributed by atoms with E-state index >= 15 is 0 Å². The van der Waals surface area contributed by atoms with Crippen molar-refractivity contribution in [3.63, 3.8) is 0 Å². The molecule has 1 amide bonds. The lowest BCUT2D eigenvalue weighted by Gasteiger charge is -2.27. The van der Waals surface area contributed by atoms with Gasteiger partial charge in [0.2, 0.25) is 0 Å². The van der Waals surface area contributed by atoms with Crippen LogP contribution >= 0.6 is 11.6 Å². The van der Waals surface area contributed by atoms with E-state index in [2.05, 4.69) is 0 Å². The van der Waals surface area contributed by atoms with Crippen LogP contribution in [0.15, 0.2) is 54.1 Å². The number of rotatable bonds is 5. The second-order valence-corrected chi connectivity index (χ2v) is 7.85. The first-order valence-electron chi connectivity index (χ1n) is 9.77. The third-order valence-electron chi connectivity index (χ3n) is 5.51. The van der Waals surface area contributed by atoms with E-state index in [0.717, 1.165) is 6.42 Å². The summed E-state index contributed by atoms with van der Waals surface area (Å²) in [6.45, 7) is 0.647. The maximum atomic E-state index is 13.0. The van der Waals surface area contributed by atoms with E-state index < -0.39 is 28.4 Å². The van der Waals surface area contributed by atoms with Gasteiger partial charge >= 0.3 is 0 Å². The fourth-order valence-corrected chi connectivity index (χ4v) is 4.17. The number of aliphatic hydroxyl groups excluding tert-OH is 1. The zero-order chi connectivity index (χ0) is 22.1. The van der Waals surface area contributed by atoms with Crippen molar-refractivity contribution < 1.29 is 24.4 Å². The first kappa shape index (κ1) is 21.0. The van der Waals surface area contributed by atoms with Crippen LogP contribution < -0.4 is 0 Å². The summed E-state index contributed by atoms with van der Waals surface area (Å²) in [6.07, 6.45) is 1.26. The fourth-order valence-electron chi connectivity index (χ4n) is 4.05. The van der Waals surface area contributed by atoms with Crippen LogP contribution in [-0.4, -0.2) is 45.9 Å². The lowest BCUT2D eigenvalue weighted by Crippen LogP contribution is -2.36. The van der Waals surface area contributed by atoms with Crippen molar-refractivity contribution >= 4 is 34.7 Å². The third-order valence-corrected chi connectivity index (χ3v) is 5.76. The van der Waals surface area contributed by atoms with Gasteiger partial charge in [-0.25, -0.2) is 0 Å². The molecule has 2 aromatic carbocycles. The van der Waals surface area contributed by atoms with Gasteiger partial charge in [0.05, 0.1) is 28.2 Å². The van der Waals surface area contributed by atoms with Crippen molar-refractivity contribution in [3.8, 4) is 0 Å². The highest BCUT2D eigenvalue weighted by molar-refractivity contribution is 6.46. The van der Waals surface area contributed by atoms with Crippen LogP contribution in [0.25, 0.3) is 5.76 Å². The Bertz CT molecular complexity index is 1080. The van der Waals surface area contributed by atoms with Crippen molar-refractivity contribution in [3.05, 3.63) is 80.4 Å².